The highest BCUT2D eigenvalue weighted by atomic mass is 19.4. The quantitative estimate of drug-likeness (QED) is 0.482. The Morgan fingerprint density at radius 3 is 2.47 bits per heavy atom. The lowest BCUT2D eigenvalue weighted by molar-refractivity contribution is -0.137. The second kappa shape index (κ2) is 7.52. The van der Waals surface area contributed by atoms with Gasteiger partial charge in [0.15, 0.2) is 0 Å². The van der Waals surface area contributed by atoms with Gasteiger partial charge in [-0.05, 0) is 54.1 Å². The molecule has 0 aliphatic heterocycles. The van der Waals surface area contributed by atoms with Crippen molar-refractivity contribution in [1.29, 1.82) is 5.26 Å². The molecule has 0 aliphatic rings. The lowest BCUT2D eigenvalue weighted by Crippen LogP contribution is -2.16. The molecule has 8 heteroatoms. The number of pyridine rings is 2. The summed E-state index contributed by atoms with van der Waals surface area (Å²) in [4.78, 5) is 6.02. The van der Waals surface area contributed by atoms with Crippen LogP contribution >= 0.6 is 0 Å². The molecular formula is C22H16F3N5. The molecule has 0 saturated carbocycles. The minimum atomic E-state index is -4.42. The number of alkyl halides is 3. The monoisotopic (exact) mass is 407 g/mol. The van der Waals surface area contributed by atoms with E-state index in [4.69, 9.17) is 5.26 Å². The number of halogens is 3. The summed E-state index contributed by atoms with van der Waals surface area (Å²) >= 11 is 0. The lowest BCUT2D eigenvalue weighted by Gasteiger charge is -2.19. The van der Waals surface area contributed by atoms with Crippen LogP contribution in [-0.2, 0) is 12.7 Å². The molecule has 5 nitrogen and oxygen atoms in total. The number of nitriles is 1. The number of hydrogen-bond donors (Lipinski definition) is 0. The number of benzene rings is 1. The van der Waals surface area contributed by atoms with Gasteiger partial charge < -0.3 is 4.90 Å². The predicted octanol–water partition coefficient (Wildman–Crippen LogP) is 4.92. The highest BCUT2D eigenvalue weighted by molar-refractivity contribution is 5.78. The Morgan fingerprint density at radius 2 is 1.83 bits per heavy atom. The van der Waals surface area contributed by atoms with Crippen molar-refractivity contribution in [2.75, 3.05) is 11.9 Å². The maximum absolute atomic E-state index is 12.8. The molecular weight excluding hydrogens is 391 g/mol. The van der Waals surface area contributed by atoms with Gasteiger partial charge in [-0.15, -0.1) is 0 Å². The first-order valence-electron chi connectivity index (χ1n) is 9.06. The zero-order chi connectivity index (χ0) is 21.3. The molecule has 3 aromatic heterocycles. The average Bonchev–Trinajstić information content (AvgIpc) is 3.16. The third kappa shape index (κ3) is 3.82. The standard InChI is InChI=1S/C22H16F3N5/c1-29(18-5-2-15(11-26)3-6-18)14-16-8-9-30-21(10-16)19(13-28-30)20-7-4-17(12-27-20)22(23,24)25/h2-10,12-13H,14H2,1H3. The van der Waals surface area contributed by atoms with Crippen LogP contribution in [0.2, 0.25) is 0 Å². The van der Waals surface area contributed by atoms with Crippen molar-refractivity contribution in [3.05, 3.63) is 83.8 Å². The fourth-order valence-electron chi connectivity index (χ4n) is 3.20. The molecule has 0 fully saturated rings. The largest absolute Gasteiger partial charge is 0.417 e. The van der Waals surface area contributed by atoms with Crippen LogP contribution in [0, 0.1) is 11.3 Å². The second-order valence-corrected chi connectivity index (χ2v) is 6.87. The first-order chi connectivity index (χ1) is 14.3. The fourth-order valence-corrected chi connectivity index (χ4v) is 3.20. The molecule has 3 heterocycles. The molecule has 0 bridgehead atoms. The van der Waals surface area contributed by atoms with Crippen molar-refractivity contribution in [2.24, 2.45) is 0 Å². The van der Waals surface area contributed by atoms with E-state index in [-0.39, 0.29) is 0 Å². The van der Waals surface area contributed by atoms with Crippen molar-refractivity contribution in [1.82, 2.24) is 14.6 Å². The number of anilines is 1. The summed E-state index contributed by atoms with van der Waals surface area (Å²) in [6.45, 7) is 0.605. The highest BCUT2D eigenvalue weighted by Gasteiger charge is 2.30. The van der Waals surface area contributed by atoms with Crippen molar-refractivity contribution < 1.29 is 13.2 Å². The minimum absolute atomic E-state index is 0.426. The van der Waals surface area contributed by atoms with Crippen LogP contribution in [0.25, 0.3) is 16.8 Å². The Kier molecular flexibility index (Phi) is 4.88. The van der Waals surface area contributed by atoms with E-state index in [0.29, 0.717) is 23.4 Å². The predicted molar refractivity (Wildman–Crippen MR) is 107 cm³/mol. The Morgan fingerprint density at radius 1 is 1.07 bits per heavy atom. The minimum Gasteiger partial charge on any atom is -0.370 e. The van der Waals surface area contributed by atoms with E-state index >= 15 is 0 Å². The lowest BCUT2D eigenvalue weighted by atomic mass is 10.1. The van der Waals surface area contributed by atoms with Gasteiger partial charge in [0.05, 0.1) is 34.6 Å². The van der Waals surface area contributed by atoms with E-state index in [2.05, 4.69) is 16.2 Å². The SMILES string of the molecule is CN(Cc1ccn2ncc(-c3ccc(C(F)(F)F)cn3)c2c1)c1ccc(C#N)cc1. The fraction of sp³-hybridized carbons (Fsp3) is 0.136. The number of aromatic nitrogens is 3. The summed E-state index contributed by atoms with van der Waals surface area (Å²) < 4.78 is 40.1. The van der Waals surface area contributed by atoms with Gasteiger partial charge in [-0.2, -0.15) is 23.5 Å². The molecule has 0 unspecified atom stereocenters. The number of fused-ring (bicyclic) bond motifs is 1. The Hall–Kier alpha value is -3.86. The smallest absolute Gasteiger partial charge is 0.370 e. The summed E-state index contributed by atoms with van der Waals surface area (Å²) in [6, 6.07) is 15.6. The molecule has 1 aromatic carbocycles. The normalized spacial score (nSPS) is 11.4. The van der Waals surface area contributed by atoms with Crippen LogP contribution in [0.3, 0.4) is 0 Å². The van der Waals surface area contributed by atoms with Gasteiger partial charge in [0.1, 0.15) is 0 Å². The average molecular weight is 407 g/mol. The summed E-state index contributed by atoms with van der Waals surface area (Å²) in [6.07, 6.45) is -0.179. The molecule has 0 radical (unpaired) electrons. The van der Waals surface area contributed by atoms with Gasteiger partial charge in [0.25, 0.3) is 0 Å². The van der Waals surface area contributed by atoms with E-state index in [1.807, 2.05) is 42.4 Å². The molecule has 4 rings (SSSR count). The van der Waals surface area contributed by atoms with Crippen molar-refractivity contribution >= 4 is 11.2 Å². The summed E-state index contributed by atoms with van der Waals surface area (Å²) in [5.74, 6) is 0. The van der Waals surface area contributed by atoms with Crippen LogP contribution < -0.4 is 4.90 Å². The first-order valence-corrected chi connectivity index (χ1v) is 9.06. The third-order valence-electron chi connectivity index (χ3n) is 4.81. The zero-order valence-electron chi connectivity index (χ0n) is 15.9. The highest BCUT2D eigenvalue weighted by Crippen LogP contribution is 2.31. The van der Waals surface area contributed by atoms with Crippen LogP contribution in [0.1, 0.15) is 16.7 Å². The molecule has 0 amide bonds. The number of hydrogen-bond acceptors (Lipinski definition) is 4. The Labute approximate surface area is 170 Å². The van der Waals surface area contributed by atoms with E-state index in [9.17, 15) is 13.2 Å². The van der Waals surface area contributed by atoms with E-state index in [0.717, 1.165) is 29.0 Å². The van der Waals surface area contributed by atoms with Gasteiger partial charge >= 0.3 is 6.18 Å². The second-order valence-electron chi connectivity index (χ2n) is 6.87. The molecule has 0 spiro atoms. The maximum atomic E-state index is 12.8. The number of rotatable bonds is 4. The van der Waals surface area contributed by atoms with Crippen LogP contribution in [0.5, 0.6) is 0 Å². The van der Waals surface area contributed by atoms with Gasteiger partial charge in [-0.1, -0.05) is 0 Å². The molecule has 0 saturated heterocycles. The van der Waals surface area contributed by atoms with Crippen molar-refractivity contribution in [3.63, 3.8) is 0 Å². The first kappa shape index (κ1) is 19.5. The van der Waals surface area contributed by atoms with E-state index in [1.54, 1.807) is 22.8 Å². The maximum Gasteiger partial charge on any atom is 0.417 e. The van der Waals surface area contributed by atoms with Crippen LogP contribution in [-0.4, -0.2) is 21.6 Å². The van der Waals surface area contributed by atoms with E-state index in [1.165, 1.54) is 6.07 Å². The third-order valence-corrected chi connectivity index (χ3v) is 4.81. The van der Waals surface area contributed by atoms with Crippen LogP contribution in [0.4, 0.5) is 18.9 Å². The topological polar surface area (TPSA) is 57.2 Å². The summed E-state index contributed by atoms with van der Waals surface area (Å²) in [7, 11) is 1.94. The Bertz CT molecular complexity index is 1220. The zero-order valence-corrected chi connectivity index (χ0v) is 15.9. The summed E-state index contributed by atoms with van der Waals surface area (Å²) in [5, 5.41) is 13.2. The molecule has 150 valence electrons. The van der Waals surface area contributed by atoms with Crippen molar-refractivity contribution in [3.8, 4) is 17.3 Å². The van der Waals surface area contributed by atoms with Gasteiger partial charge in [0.2, 0.25) is 0 Å². The number of nitrogens with zero attached hydrogens (tertiary/aromatic N) is 5. The molecule has 4 aromatic rings. The molecule has 30 heavy (non-hydrogen) atoms. The molecule has 0 N–H and O–H groups in total. The summed E-state index contributed by atoms with van der Waals surface area (Å²) in [5.41, 5.74) is 3.62. The van der Waals surface area contributed by atoms with E-state index < -0.39 is 11.7 Å². The van der Waals surface area contributed by atoms with Gasteiger partial charge in [0, 0.05) is 37.2 Å². The van der Waals surface area contributed by atoms with Gasteiger partial charge in [-0.25, -0.2) is 4.52 Å². The molecule has 0 aliphatic carbocycles. The van der Waals surface area contributed by atoms with Gasteiger partial charge in [-0.3, -0.25) is 4.98 Å². The molecule has 0 atom stereocenters. The van der Waals surface area contributed by atoms with Crippen molar-refractivity contribution in [2.45, 2.75) is 12.7 Å². The van der Waals surface area contributed by atoms with Crippen LogP contribution in [0.15, 0.2) is 67.1 Å². The Balaban J connectivity index is 1.62.